The van der Waals surface area contributed by atoms with Crippen molar-refractivity contribution in [3.8, 4) is 0 Å². The molecule has 1 saturated carbocycles. The van der Waals surface area contributed by atoms with E-state index in [0.29, 0.717) is 25.2 Å². The van der Waals surface area contributed by atoms with E-state index in [1.165, 1.54) is 19.3 Å². The van der Waals surface area contributed by atoms with Gasteiger partial charge >= 0.3 is 0 Å². The lowest BCUT2D eigenvalue weighted by molar-refractivity contribution is -0.0282. The standard InChI is InChI=1S/C20H30N2O2/c1-3-15(2)20-21-18-11-7-8-12-19(18)22(20)13-16(23)14-24-17-9-5-4-6-10-17/h7-8,11-12,15-17,23H,3-6,9-10,13-14H2,1-2H3. The van der Waals surface area contributed by atoms with E-state index >= 15 is 0 Å². The lowest BCUT2D eigenvalue weighted by atomic mass is 9.98. The Balaban J connectivity index is 1.70. The minimum Gasteiger partial charge on any atom is -0.389 e. The van der Waals surface area contributed by atoms with Crippen LogP contribution in [0.2, 0.25) is 0 Å². The molecule has 2 atom stereocenters. The number of fused-ring (bicyclic) bond motifs is 1. The third kappa shape index (κ3) is 3.98. The molecule has 0 amide bonds. The summed E-state index contributed by atoms with van der Waals surface area (Å²) in [5.74, 6) is 1.44. The predicted octanol–water partition coefficient (Wildman–Crippen LogP) is 4.26. The van der Waals surface area contributed by atoms with Gasteiger partial charge in [-0.3, -0.25) is 0 Å². The number of hydrogen-bond donors (Lipinski definition) is 1. The van der Waals surface area contributed by atoms with Crippen LogP contribution in [0.25, 0.3) is 11.0 Å². The van der Waals surface area contributed by atoms with Gasteiger partial charge < -0.3 is 14.4 Å². The van der Waals surface area contributed by atoms with Crippen LogP contribution >= 0.6 is 0 Å². The van der Waals surface area contributed by atoms with Crippen LogP contribution in [-0.4, -0.2) is 33.5 Å². The summed E-state index contributed by atoms with van der Waals surface area (Å²) in [6, 6.07) is 8.18. The van der Waals surface area contributed by atoms with Crippen LogP contribution in [0.3, 0.4) is 0 Å². The molecule has 1 N–H and O–H groups in total. The molecule has 132 valence electrons. The average molecular weight is 330 g/mol. The highest BCUT2D eigenvalue weighted by molar-refractivity contribution is 5.76. The maximum atomic E-state index is 10.5. The summed E-state index contributed by atoms with van der Waals surface area (Å²) >= 11 is 0. The first-order valence-electron chi connectivity index (χ1n) is 9.43. The molecule has 1 aromatic heterocycles. The van der Waals surface area contributed by atoms with Crippen molar-refractivity contribution >= 4 is 11.0 Å². The Bertz CT molecular complexity index is 646. The fourth-order valence-electron chi connectivity index (χ4n) is 3.59. The molecule has 2 aromatic rings. The van der Waals surface area contributed by atoms with Gasteiger partial charge in [-0.25, -0.2) is 4.98 Å². The summed E-state index contributed by atoms with van der Waals surface area (Å²) < 4.78 is 8.13. The molecule has 3 rings (SSSR count). The molecular weight excluding hydrogens is 300 g/mol. The van der Waals surface area contributed by atoms with E-state index in [9.17, 15) is 5.11 Å². The number of nitrogens with zero attached hydrogens (tertiary/aromatic N) is 2. The lowest BCUT2D eigenvalue weighted by Gasteiger charge is -2.24. The number of ether oxygens (including phenoxy) is 1. The molecule has 0 spiro atoms. The van der Waals surface area contributed by atoms with E-state index in [1.54, 1.807) is 0 Å². The minimum absolute atomic E-state index is 0.335. The number of imidazole rings is 1. The monoisotopic (exact) mass is 330 g/mol. The van der Waals surface area contributed by atoms with Gasteiger partial charge in [0.25, 0.3) is 0 Å². The van der Waals surface area contributed by atoms with Crippen LogP contribution in [0.15, 0.2) is 24.3 Å². The van der Waals surface area contributed by atoms with E-state index in [4.69, 9.17) is 9.72 Å². The van der Waals surface area contributed by atoms with Crippen molar-refractivity contribution in [1.82, 2.24) is 9.55 Å². The Kier molecular flexibility index (Phi) is 5.90. The number of hydrogen-bond acceptors (Lipinski definition) is 3. The topological polar surface area (TPSA) is 47.3 Å². The second kappa shape index (κ2) is 8.13. The predicted molar refractivity (Wildman–Crippen MR) is 97.3 cm³/mol. The molecule has 1 aromatic carbocycles. The zero-order chi connectivity index (χ0) is 16.9. The van der Waals surface area contributed by atoms with E-state index < -0.39 is 6.10 Å². The average Bonchev–Trinajstić information content (AvgIpc) is 2.99. The highest BCUT2D eigenvalue weighted by Crippen LogP contribution is 2.25. The molecule has 0 radical (unpaired) electrons. The molecule has 0 saturated heterocycles. The largest absolute Gasteiger partial charge is 0.389 e. The maximum absolute atomic E-state index is 10.5. The molecule has 4 heteroatoms. The van der Waals surface area contributed by atoms with Crippen LogP contribution in [0.4, 0.5) is 0 Å². The number of para-hydroxylation sites is 2. The van der Waals surface area contributed by atoms with E-state index in [-0.39, 0.29) is 0 Å². The second-order valence-corrected chi connectivity index (χ2v) is 7.13. The number of benzene rings is 1. The molecule has 4 nitrogen and oxygen atoms in total. The smallest absolute Gasteiger partial charge is 0.112 e. The Labute approximate surface area is 144 Å². The van der Waals surface area contributed by atoms with Crippen LogP contribution in [-0.2, 0) is 11.3 Å². The van der Waals surface area contributed by atoms with Gasteiger partial charge in [-0.1, -0.05) is 45.2 Å². The fourth-order valence-corrected chi connectivity index (χ4v) is 3.59. The van der Waals surface area contributed by atoms with E-state index in [1.807, 2.05) is 18.2 Å². The number of rotatable bonds is 7. The van der Waals surface area contributed by atoms with Crippen LogP contribution < -0.4 is 0 Å². The van der Waals surface area contributed by atoms with Crippen molar-refractivity contribution in [1.29, 1.82) is 0 Å². The van der Waals surface area contributed by atoms with Gasteiger partial charge in [0.2, 0.25) is 0 Å². The zero-order valence-electron chi connectivity index (χ0n) is 14.9. The van der Waals surface area contributed by atoms with Gasteiger partial charge in [-0.2, -0.15) is 0 Å². The fraction of sp³-hybridized carbons (Fsp3) is 0.650. The first-order valence-corrected chi connectivity index (χ1v) is 9.43. The van der Waals surface area contributed by atoms with E-state index in [2.05, 4.69) is 24.5 Å². The number of aliphatic hydroxyl groups excluding tert-OH is 1. The molecule has 0 bridgehead atoms. The molecule has 1 aliphatic rings. The maximum Gasteiger partial charge on any atom is 0.112 e. The lowest BCUT2D eigenvalue weighted by Crippen LogP contribution is -2.27. The van der Waals surface area contributed by atoms with Gasteiger partial charge in [0.1, 0.15) is 5.82 Å². The Morgan fingerprint density at radius 2 is 2.00 bits per heavy atom. The number of aromatic nitrogens is 2. The summed E-state index contributed by atoms with van der Waals surface area (Å²) in [6.07, 6.45) is 6.99. The van der Waals surface area contributed by atoms with Gasteiger partial charge in [-0.05, 0) is 31.4 Å². The van der Waals surface area contributed by atoms with Crippen LogP contribution in [0.5, 0.6) is 0 Å². The quantitative estimate of drug-likeness (QED) is 0.825. The Morgan fingerprint density at radius 3 is 2.75 bits per heavy atom. The van der Waals surface area contributed by atoms with Crippen molar-refractivity contribution in [2.24, 2.45) is 0 Å². The molecule has 1 heterocycles. The molecule has 1 fully saturated rings. The van der Waals surface area contributed by atoms with Crippen LogP contribution in [0, 0.1) is 0 Å². The van der Waals surface area contributed by atoms with Crippen molar-refractivity contribution in [3.63, 3.8) is 0 Å². The normalized spacial score (nSPS) is 18.8. The second-order valence-electron chi connectivity index (χ2n) is 7.13. The summed E-state index contributed by atoms with van der Waals surface area (Å²) in [6.45, 7) is 5.34. The third-order valence-corrected chi connectivity index (χ3v) is 5.21. The van der Waals surface area contributed by atoms with E-state index in [0.717, 1.165) is 36.1 Å². The first-order chi connectivity index (χ1) is 11.7. The van der Waals surface area contributed by atoms with Crippen molar-refractivity contribution in [3.05, 3.63) is 30.1 Å². The summed E-state index contributed by atoms with van der Waals surface area (Å²) in [5, 5.41) is 10.5. The summed E-state index contributed by atoms with van der Waals surface area (Å²) in [4.78, 5) is 4.80. The minimum atomic E-state index is -0.493. The van der Waals surface area contributed by atoms with Gasteiger partial charge in [0, 0.05) is 5.92 Å². The highest BCUT2D eigenvalue weighted by Gasteiger charge is 2.19. The SMILES string of the molecule is CCC(C)c1nc2ccccc2n1CC(O)COC1CCCCC1. The summed E-state index contributed by atoms with van der Waals surface area (Å²) in [5.41, 5.74) is 2.11. The molecule has 0 aliphatic heterocycles. The molecular formula is C20H30N2O2. The van der Waals surface area contributed by atoms with Crippen molar-refractivity contribution < 1.29 is 9.84 Å². The van der Waals surface area contributed by atoms with Crippen molar-refractivity contribution in [2.45, 2.75) is 77.0 Å². The Morgan fingerprint density at radius 1 is 1.25 bits per heavy atom. The van der Waals surface area contributed by atoms with Gasteiger partial charge in [0.05, 0.1) is 36.4 Å². The first kappa shape index (κ1) is 17.4. The molecule has 2 unspecified atom stereocenters. The zero-order valence-corrected chi connectivity index (χ0v) is 14.9. The van der Waals surface area contributed by atoms with Crippen molar-refractivity contribution in [2.75, 3.05) is 6.61 Å². The Hall–Kier alpha value is -1.39. The third-order valence-electron chi connectivity index (χ3n) is 5.21. The highest BCUT2D eigenvalue weighted by atomic mass is 16.5. The van der Waals surface area contributed by atoms with Gasteiger partial charge in [-0.15, -0.1) is 0 Å². The molecule has 1 aliphatic carbocycles. The van der Waals surface area contributed by atoms with Gasteiger partial charge in [0.15, 0.2) is 0 Å². The summed E-state index contributed by atoms with van der Waals surface area (Å²) in [7, 11) is 0. The molecule has 24 heavy (non-hydrogen) atoms. The van der Waals surface area contributed by atoms with Crippen LogP contribution in [0.1, 0.15) is 64.1 Å². The number of aliphatic hydroxyl groups is 1.